The van der Waals surface area contributed by atoms with Crippen molar-refractivity contribution in [2.24, 2.45) is 11.8 Å². The molecule has 1 aliphatic carbocycles. The van der Waals surface area contributed by atoms with E-state index in [1.165, 1.54) is 12.8 Å². The molecule has 1 aliphatic rings. The molecule has 17 heavy (non-hydrogen) atoms. The number of hydrogen-bond donors (Lipinski definition) is 0. The fourth-order valence-electron chi connectivity index (χ4n) is 2.73. The van der Waals surface area contributed by atoms with Crippen LogP contribution in [0.2, 0.25) is 0 Å². The van der Waals surface area contributed by atoms with Crippen LogP contribution < -0.4 is 0 Å². The maximum atomic E-state index is 12.2. The molecular weight excluding hydrogens is 214 g/mol. The Morgan fingerprint density at radius 2 is 2.35 bits per heavy atom. The van der Waals surface area contributed by atoms with E-state index in [2.05, 4.69) is 23.9 Å². The number of carbonyl (C=O) groups excluding carboxylic acids is 1. The minimum Gasteiger partial charge on any atom is -0.299 e. The van der Waals surface area contributed by atoms with Gasteiger partial charge in [-0.05, 0) is 25.2 Å². The molecule has 1 aromatic rings. The maximum absolute atomic E-state index is 12.2. The Bertz CT molecular complexity index is 386. The fourth-order valence-corrected chi connectivity index (χ4v) is 2.73. The molecule has 2 unspecified atom stereocenters. The summed E-state index contributed by atoms with van der Waals surface area (Å²) in [4.78, 5) is 16.4. The van der Waals surface area contributed by atoms with E-state index in [9.17, 15) is 4.79 Å². The third kappa shape index (κ3) is 2.73. The lowest BCUT2D eigenvalue weighted by molar-refractivity contribution is -0.123. The average molecular weight is 235 g/mol. The van der Waals surface area contributed by atoms with Gasteiger partial charge in [-0.25, -0.2) is 9.67 Å². The topological polar surface area (TPSA) is 47.8 Å². The summed E-state index contributed by atoms with van der Waals surface area (Å²) in [7, 11) is 0. The Hall–Kier alpha value is -1.19. The van der Waals surface area contributed by atoms with Crippen molar-refractivity contribution in [1.29, 1.82) is 0 Å². The Labute approximate surface area is 102 Å². The molecule has 2 rings (SSSR count). The fraction of sp³-hybridized carbons (Fsp3) is 0.769. The highest BCUT2D eigenvalue weighted by Crippen LogP contribution is 2.32. The summed E-state index contributed by atoms with van der Waals surface area (Å²) in [6.45, 7) is 5.14. The van der Waals surface area contributed by atoms with Crippen molar-refractivity contribution in [1.82, 2.24) is 14.8 Å². The van der Waals surface area contributed by atoms with Gasteiger partial charge in [-0.2, -0.15) is 5.10 Å². The number of ketones is 1. The number of rotatable bonds is 5. The maximum Gasteiger partial charge on any atom is 0.143 e. The number of aromatic nitrogens is 3. The van der Waals surface area contributed by atoms with Crippen LogP contribution in [-0.4, -0.2) is 20.5 Å². The van der Waals surface area contributed by atoms with Crippen LogP contribution in [0, 0.1) is 11.8 Å². The van der Waals surface area contributed by atoms with Gasteiger partial charge in [-0.1, -0.05) is 20.3 Å². The second kappa shape index (κ2) is 5.43. The Kier molecular flexibility index (Phi) is 3.92. The summed E-state index contributed by atoms with van der Waals surface area (Å²) in [5, 5.41) is 4.16. The van der Waals surface area contributed by atoms with Crippen LogP contribution in [0.3, 0.4) is 0 Å². The first kappa shape index (κ1) is 12.3. The van der Waals surface area contributed by atoms with E-state index >= 15 is 0 Å². The monoisotopic (exact) mass is 235 g/mol. The van der Waals surface area contributed by atoms with Gasteiger partial charge in [0, 0.05) is 12.5 Å². The summed E-state index contributed by atoms with van der Waals surface area (Å²) in [6, 6.07) is 0. The van der Waals surface area contributed by atoms with Crippen LogP contribution >= 0.6 is 0 Å². The van der Waals surface area contributed by atoms with Gasteiger partial charge in [0.2, 0.25) is 0 Å². The van der Waals surface area contributed by atoms with Crippen LogP contribution in [0.15, 0.2) is 6.33 Å². The number of carbonyl (C=O) groups is 1. The molecule has 0 bridgehead atoms. The summed E-state index contributed by atoms with van der Waals surface area (Å²) >= 11 is 0. The van der Waals surface area contributed by atoms with E-state index in [-0.39, 0.29) is 5.92 Å². The van der Waals surface area contributed by atoms with Crippen LogP contribution in [0.1, 0.15) is 45.4 Å². The normalized spacial score (nSPS) is 24.1. The Morgan fingerprint density at radius 1 is 1.53 bits per heavy atom. The standard InChI is InChI=1S/C13H21N3O/c1-3-7-16-13(14-9-15-16)8-12(17)11-6-4-5-10(11)2/h9-11H,3-8H2,1-2H3. The molecular formula is C13H21N3O. The molecule has 1 aromatic heterocycles. The molecule has 0 amide bonds. The van der Waals surface area contributed by atoms with E-state index in [4.69, 9.17) is 0 Å². The summed E-state index contributed by atoms with van der Waals surface area (Å²) in [6.07, 6.45) is 6.47. The number of nitrogens with zero attached hydrogens (tertiary/aromatic N) is 3. The second-order valence-electron chi connectivity index (χ2n) is 5.06. The predicted octanol–water partition coefficient (Wildman–Crippen LogP) is 2.24. The van der Waals surface area contributed by atoms with Gasteiger partial charge < -0.3 is 0 Å². The molecule has 4 nitrogen and oxygen atoms in total. The summed E-state index contributed by atoms with van der Waals surface area (Å²) in [5.74, 6) is 1.98. The highest BCUT2D eigenvalue weighted by atomic mass is 16.1. The number of aryl methyl sites for hydroxylation is 1. The lowest BCUT2D eigenvalue weighted by Crippen LogP contribution is -2.21. The van der Waals surface area contributed by atoms with E-state index in [0.29, 0.717) is 18.1 Å². The molecule has 0 N–H and O–H groups in total. The van der Waals surface area contributed by atoms with E-state index in [1.807, 2.05) is 4.68 Å². The molecule has 0 radical (unpaired) electrons. The molecule has 1 saturated carbocycles. The van der Waals surface area contributed by atoms with Gasteiger partial charge in [0.15, 0.2) is 0 Å². The van der Waals surface area contributed by atoms with Crippen molar-refractivity contribution in [3.63, 3.8) is 0 Å². The van der Waals surface area contributed by atoms with Gasteiger partial charge in [0.05, 0.1) is 6.42 Å². The number of Topliss-reactive ketones (excluding diaryl/α,β-unsaturated/α-hetero) is 1. The van der Waals surface area contributed by atoms with Crippen molar-refractivity contribution in [2.75, 3.05) is 0 Å². The largest absolute Gasteiger partial charge is 0.299 e. The first-order valence-electron chi connectivity index (χ1n) is 6.61. The summed E-state index contributed by atoms with van der Waals surface area (Å²) in [5.41, 5.74) is 0. The van der Waals surface area contributed by atoms with E-state index in [0.717, 1.165) is 25.2 Å². The van der Waals surface area contributed by atoms with Crippen molar-refractivity contribution in [3.05, 3.63) is 12.2 Å². The lowest BCUT2D eigenvalue weighted by atomic mass is 9.92. The van der Waals surface area contributed by atoms with Gasteiger partial charge in [-0.3, -0.25) is 4.79 Å². The van der Waals surface area contributed by atoms with Gasteiger partial charge >= 0.3 is 0 Å². The van der Waals surface area contributed by atoms with Gasteiger partial charge in [0.1, 0.15) is 17.9 Å². The second-order valence-corrected chi connectivity index (χ2v) is 5.06. The third-order valence-corrected chi connectivity index (χ3v) is 3.74. The smallest absolute Gasteiger partial charge is 0.143 e. The average Bonchev–Trinajstić information content (AvgIpc) is 2.89. The molecule has 1 fully saturated rings. The van der Waals surface area contributed by atoms with E-state index < -0.39 is 0 Å². The van der Waals surface area contributed by atoms with Gasteiger partial charge in [-0.15, -0.1) is 0 Å². The molecule has 0 saturated heterocycles. The first-order valence-corrected chi connectivity index (χ1v) is 6.61. The minimum absolute atomic E-state index is 0.252. The molecule has 0 aliphatic heterocycles. The molecule has 4 heteroatoms. The minimum atomic E-state index is 0.252. The quantitative estimate of drug-likeness (QED) is 0.786. The Morgan fingerprint density at radius 3 is 3.00 bits per heavy atom. The predicted molar refractivity (Wildman–Crippen MR) is 65.5 cm³/mol. The Balaban J connectivity index is 2.00. The van der Waals surface area contributed by atoms with Crippen LogP contribution in [0.25, 0.3) is 0 Å². The van der Waals surface area contributed by atoms with E-state index in [1.54, 1.807) is 6.33 Å². The highest BCUT2D eigenvalue weighted by molar-refractivity contribution is 5.83. The lowest BCUT2D eigenvalue weighted by Gasteiger charge is -2.13. The molecule has 0 aromatic carbocycles. The molecule has 0 spiro atoms. The SMILES string of the molecule is CCCn1ncnc1CC(=O)C1CCCC1C. The molecule has 1 heterocycles. The zero-order chi connectivity index (χ0) is 12.3. The van der Waals surface area contributed by atoms with Crippen molar-refractivity contribution in [2.45, 2.75) is 52.5 Å². The number of hydrogen-bond acceptors (Lipinski definition) is 3. The zero-order valence-corrected chi connectivity index (χ0v) is 10.7. The third-order valence-electron chi connectivity index (χ3n) is 3.74. The van der Waals surface area contributed by atoms with Crippen LogP contribution in [0.5, 0.6) is 0 Å². The van der Waals surface area contributed by atoms with Crippen molar-refractivity contribution < 1.29 is 4.79 Å². The van der Waals surface area contributed by atoms with Crippen LogP contribution in [-0.2, 0) is 17.8 Å². The zero-order valence-electron chi connectivity index (χ0n) is 10.7. The van der Waals surface area contributed by atoms with Crippen molar-refractivity contribution >= 4 is 5.78 Å². The first-order chi connectivity index (χ1) is 8.22. The summed E-state index contributed by atoms with van der Waals surface area (Å²) < 4.78 is 1.86. The van der Waals surface area contributed by atoms with Crippen LogP contribution in [0.4, 0.5) is 0 Å². The van der Waals surface area contributed by atoms with Gasteiger partial charge in [0.25, 0.3) is 0 Å². The molecule has 2 atom stereocenters. The van der Waals surface area contributed by atoms with Crippen molar-refractivity contribution in [3.8, 4) is 0 Å². The molecule has 94 valence electrons. The highest BCUT2D eigenvalue weighted by Gasteiger charge is 2.30.